The number of rotatable bonds is 9. The number of hydrogen-bond acceptors (Lipinski definition) is 4. The molecular weight excluding hydrogens is 460 g/mol. The molecule has 0 unspecified atom stereocenters. The van der Waals surface area contributed by atoms with Gasteiger partial charge in [-0.05, 0) is 54.8 Å². The highest BCUT2D eigenvalue weighted by molar-refractivity contribution is 9.10. The van der Waals surface area contributed by atoms with Crippen molar-refractivity contribution < 1.29 is 19.1 Å². The quantitative estimate of drug-likeness (QED) is 0.496. The third-order valence-electron chi connectivity index (χ3n) is 3.98. The number of benzene rings is 2. The van der Waals surface area contributed by atoms with Crippen LogP contribution in [-0.4, -0.2) is 24.4 Å². The number of hydrogen-bond donors (Lipinski definition) is 2. The van der Waals surface area contributed by atoms with Crippen molar-refractivity contribution in [1.29, 1.82) is 0 Å². The third-order valence-corrected chi connectivity index (χ3v) is 4.71. The summed E-state index contributed by atoms with van der Waals surface area (Å²) in [6.45, 7) is 1.62. The number of amides is 2. The first kappa shape index (κ1) is 22.9. The van der Waals surface area contributed by atoms with Crippen molar-refractivity contribution in [3.05, 3.63) is 57.5 Å². The summed E-state index contributed by atoms with van der Waals surface area (Å²) < 4.78 is 5.91. The maximum Gasteiger partial charge on any atom is 0.306 e. The van der Waals surface area contributed by atoms with Crippen molar-refractivity contribution in [2.45, 2.75) is 32.6 Å². The number of halogens is 2. The fourth-order valence-corrected chi connectivity index (χ4v) is 3.16. The van der Waals surface area contributed by atoms with Gasteiger partial charge in [0.05, 0.1) is 0 Å². The molecule has 154 valence electrons. The average molecular weight is 482 g/mol. The molecule has 2 aromatic rings. The topological polar surface area (TPSA) is 84.5 Å². The second-order valence-electron chi connectivity index (χ2n) is 6.28. The molecule has 29 heavy (non-hydrogen) atoms. The van der Waals surface area contributed by atoms with Gasteiger partial charge in [0, 0.05) is 33.7 Å². The smallest absolute Gasteiger partial charge is 0.306 e. The third kappa shape index (κ3) is 8.25. The van der Waals surface area contributed by atoms with Gasteiger partial charge in [-0.3, -0.25) is 14.4 Å². The van der Waals surface area contributed by atoms with E-state index in [1.54, 1.807) is 30.3 Å². The van der Waals surface area contributed by atoms with Crippen LogP contribution in [0.3, 0.4) is 0 Å². The van der Waals surface area contributed by atoms with Crippen LogP contribution in [0.4, 0.5) is 11.4 Å². The van der Waals surface area contributed by atoms with E-state index in [1.807, 2.05) is 19.1 Å². The first-order chi connectivity index (χ1) is 13.9. The van der Waals surface area contributed by atoms with Crippen LogP contribution < -0.4 is 10.6 Å². The van der Waals surface area contributed by atoms with Crippen LogP contribution in [0.2, 0.25) is 5.02 Å². The Morgan fingerprint density at radius 1 is 1.03 bits per heavy atom. The van der Waals surface area contributed by atoms with Crippen molar-refractivity contribution >= 4 is 56.7 Å². The number of nitrogens with one attached hydrogen (secondary N) is 2. The summed E-state index contributed by atoms with van der Waals surface area (Å²) in [5.74, 6) is -1.16. The molecule has 0 radical (unpaired) electrons. The summed E-state index contributed by atoms with van der Waals surface area (Å²) in [5.41, 5.74) is 2.26. The van der Waals surface area contributed by atoms with Crippen LogP contribution in [0.25, 0.3) is 0 Å². The summed E-state index contributed by atoms with van der Waals surface area (Å²) in [4.78, 5) is 35.7. The molecule has 0 heterocycles. The van der Waals surface area contributed by atoms with E-state index in [0.29, 0.717) is 22.8 Å². The predicted octanol–water partition coefficient (Wildman–Crippen LogP) is 4.96. The Morgan fingerprint density at radius 2 is 1.83 bits per heavy atom. The van der Waals surface area contributed by atoms with E-state index in [2.05, 4.69) is 26.6 Å². The lowest BCUT2D eigenvalue weighted by atomic mass is 10.1. The molecule has 2 rings (SSSR count). The standard InChI is InChI=1S/C21H22BrClN2O4/c1-2-14-11-15(22)9-10-18(14)25-20(27)13-29-21(28)8-4-7-19(26)24-17-6-3-5-16(23)12-17/h3,5-6,9-12H,2,4,7-8,13H2,1H3,(H,24,26)(H,25,27). The zero-order chi connectivity index (χ0) is 21.2. The molecule has 2 N–H and O–H groups in total. The fourth-order valence-electron chi connectivity index (χ4n) is 2.56. The normalized spacial score (nSPS) is 10.3. The second-order valence-corrected chi connectivity index (χ2v) is 7.63. The van der Waals surface area contributed by atoms with Gasteiger partial charge in [0.25, 0.3) is 5.91 Å². The summed E-state index contributed by atoms with van der Waals surface area (Å²) in [7, 11) is 0. The Morgan fingerprint density at radius 3 is 2.55 bits per heavy atom. The molecule has 0 spiro atoms. The summed E-state index contributed by atoms with van der Waals surface area (Å²) >= 11 is 9.25. The predicted molar refractivity (Wildman–Crippen MR) is 117 cm³/mol. The fraction of sp³-hybridized carbons (Fsp3) is 0.286. The lowest BCUT2D eigenvalue weighted by Crippen LogP contribution is -2.21. The number of esters is 1. The Hall–Kier alpha value is -2.38. The summed E-state index contributed by atoms with van der Waals surface area (Å²) in [6, 6.07) is 12.4. The SMILES string of the molecule is CCc1cc(Br)ccc1NC(=O)COC(=O)CCCC(=O)Nc1cccc(Cl)c1. The Kier molecular flexibility index (Phi) is 9.15. The van der Waals surface area contributed by atoms with E-state index in [0.717, 1.165) is 16.5 Å². The average Bonchev–Trinajstić information content (AvgIpc) is 2.67. The molecule has 0 aliphatic carbocycles. The summed E-state index contributed by atoms with van der Waals surface area (Å²) in [5, 5.41) is 5.97. The van der Waals surface area contributed by atoms with Crippen LogP contribution >= 0.6 is 27.5 Å². The van der Waals surface area contributed by atoms with Gasteiger partial charge < -0.3 is 15.4 Å². The molecule has 0 saturated heterocycles. The molecule has 0 aromatic heterocycles. The zero-order valence-corrected chi connectivity index (χ0v) is 18.3. The van der Waals surface area contributed by atoms with E-state index in [1.165, 1.54) is 0 Å². The summed E-state index contributed by atoms with van der Waals surface area (Å²) in [6.07, 6.45) is 1.28. The highest BCUT2D eigenvalue weighted by Crippen LogP contribution is 2.21. The zero-order valence-electron chi connectivity index (χ0n) is 16.0. The van der Waals surface area contributed by atoms with Gasteiger partial charge in [0.15, 0.2) is 6.61 Å². The van der Waals surface area contributed by atoms with Crippen molar-refractivity contribution in [1.82, 2.24) is 0 Å². The number of ether oxygens (including phenoxy) is 1. The highest BCUT2D eigenvalue weighted by Gasteiger charge is 2.11. The number of carbonyl (C=O) groups is 3. The molecule has 8 heteroatoms. The molecule has 2 amide bonds. The van der Waals surface area contributed by atoms with Gasteiger partial charge in [-0.15, -0.1) is 0 Å². The molecule has 0 saturated carbocycles. The van der Waals surface area contributed by atoms with Gasteiger partial charge in [0.1, 0.15) is 0 Å². The van der Waals surface area contributed by atoms with Crippen LogP contribution in [0.5, 0.6) is 0 Å². The lowest BCUT2D eigenvalue weighted by Gasteiger charge is -2.11. The van der Waals surface area contributed by atoms with E-state index < -0.39 is 11.9 Å². The van der Waals surface area contributed by atoms with Crippen LogP contribution in [0, 0.1) is 0 Å². The van der Waals surface area contributed by atoms with E-state index in [-0.39, 0.29) is 25.4 Å². The molecule has 0 atom stereocenters. The van der Waals surface area contributed by atoms with Gasteiger partial charge in [-0.25, -0.2) is 0 Å². The van der Waals surface area contributed by atoms with Gasteiger partial charge >= 0.3 is 5.97 Å². The Labute approximate surface area is 183 Å². The van der Waals surface area contributed by atoms with E-state index >= 15 is 0 Å². The monoisotopic (exact) mass is 480 g/mol. The molecule has 6 nitrogen and oxygen atoms in total. The minimum absolute atomic E-state index is 0.0503. The molecule has 0 aliphatic rings. The van der Waals surface area contributed by atoms with Crippen molar-refractivity contribution in [3.63, 3.8) is 0 Å². The molecule has 0 fully saturated rings. The van der Waals surface area contributed by atoms with Crippen LogP contribution in [0.1, 0.15) is 31.7 Å². The van der Waals surface area contributed by atoms with Crippen molar-refractivity contribution in [2.24, 2.45) is 0 Å². The highest BCUT2D eigenvalue weighted by atomic mass is 79.9. The Bertz CT molecular complexity index is 889. The number of carbonyl (C=O) groups excluding carboxylic acids is 3. The second kappa shape index (κ2) is 11.6. The van der Waals surface area contributed by atoms with Gasteiger partial charge in [-0.1, -0.05) is 40.5 Å². The largest absolute Gasteiger partial charge is 0.456 e. The molecule has 2 aromatic carbocycles. The number of anilines is 2. The van der Waals surface area contributed by atoms with Crippen molar-refractivity contribution in [3.8, 4) is 0 Å². The van der Waals surface area contributed by atoms with Gasteiger partial charge in [-0.2, -0.15) is 0 Å². The van der Waals surface area contributed by atoms with Crippen LogP contribution in [-0.2, 0) is 25.5 Å². The maximum absolute atomic E-state index is 12.0. The van der Waals surface area contributed by atoms with E-state index in [9.17, 15) is 14.4 Å². The van der Waals surface area contributed by atoms with Crippen LogP contribution in [0.15, 0.2) is 46.9 Å². The molecule has 0 aliphatic heterocycles. The van der Waals surface area contributed by atoms with Gasteiger partial charge in [0.2, 0.25) is 5.91 Å². The van der Waals surface area contributed by atoms with Crippen molar-refractivity contribution in [2.75, 3.05) is 17.2 Å². The molecular formula is C21H22BrClN2O4. The molecule has 0 bridgehead atoms. The number of aryl methyl sites for hydroxylation is 1. The first-order valence-corrected chi connectivity index (χ1v) is 10.3. The minimum atomic E-state index is -0.526. The lowest BCUT2D eigenvalue weighted by molar-refractivity contribution is -0.147. The Balaban J connectivity index is 1.67. The van der Waals surface area contributed by atoms with E-state index in [4.69, 9.17) is 16.3 Å². The minimum Gasteiger partial charge on any atom is -0.456 e. The first-order valence-electron chi connectivity index (χ1n) is 9.16. The maximum atomic E-state index is 12.0.